The molecule has 0 aromatic carbocycles. The van der Waals surface area contributed by atoms with Crippen molar-refractivity contribution in [1.29, 1.82) is 0 Å². The highest BCUT2D eigenvalue weighted by atomic mass is 16.5. The summed E-state index contributed by atoms with van der Waals surface area (Å²) < 4.78 is 5.68. The lowest BCUT2D eigenvalue weighted by Crippen LogP contribution is -2.33. The molecule has 2 aliphatic rings. The molecule has 2 heterocycles. The molecule has 108 valence electrons. The Labute approximate surface area is 117 Å². The van der Waals surface area contributed by atoms with Crippen molar-refractivity contribution in [2.24, 2.45) is 0 Å². The highest BCUT2D eigenvalue weighted by Gasteiger charge is 2.40. The summed E-state index contributed by atoms with van der Waals surface area (Å²) in [6, 6.07) is 0. The Morgan fingerprint density at radius 3 is 2.75 bits per heavy atom. The predicted octanol–water partition coefficient (Wildman–Crippen LogP) is 1.24. The summed E-state index contributed by atoms with van der Waals surface area (Å²) in [5.41, 5.74) is 1.20. The second-order valence-electron chi connectivity index (χ2n) is 5.46. The van der Waals surface area contributed by atoms with Gasteiger partial charge >= 0.3 is 5.97 Å². The quantitative estimate of drug-likeness (QED) is 0.864. The number of aromatic nitrogens is 2. The zero-order valence-electron chi connectivity index (χ0n) is 11.6. The van der Waals surface area contributed by atoms with Crippen LogP contribution >= 0.6 is 0 Å². The molecule has 0 bridgehead atoms. The molecule has 0 atom stereocenters. The van der Waals surface area contributed by atoms with E-state index in [2.05, 4.69) is 15.3 Å². The van der Waals surface area contributed by atoms with E-state index < -0.39 is 11.6 Å². The Morgan fingerprint density at radius 2 is 2.10 bits per heavy atom. The fourth-order valence-electron chi connectivity index (χ4n) is 3.19. The first kappa shape index (κ1) is 13.5. The van der Waals surface area contributed by atoms with Crippen LogP contribution in [0.2, 0.25) is 0 Å². The molecule has 6 heteroatoms. The number of carbonyl (C=O) groups is 1. The molecule has 1 aliphatic heterocycles. The average Bonchev–Trinajstić information content (AvgIpc) is 2.96. The monoisotopic (exact) mass is 277 g/mol. The Morgan fingerprint density at radius 1 is 1.35 bits per heavy atom. The molecular formula is C14H19N3O3. The molecule has 1 fully saturated rings. The summed E-state index contributed by atoms with van der Waals surface area (Å²) in [4.78, 5) is 20.5. The number of hydrogen-bond acceptors (Lipinski definition) is 5. The summed E-state index contributed by atoms with van der Waals surface area (Å²) in [6.07, 6.45) is 4.60. The normalized spacial score (nSPS) is 20.6. The zero-order valence-corrected chi connectivity index (χ0v) is 11.6. The van der Waals surface area contributed by atoms with Crippen LogP contribution in [0, 0.1) is 0 Å². The summed E-state index contributed by atoms with van der Waals surface area (Å²) >= 11 is 0. The van der Waals surface area contributed by atoms with Crippen molar-refractivity contribution in [2.45, 2.75) is 44.2 Å². The van der Waals surface area contributed by atoms with Gasteiger partial charge in [-0.25, -0.2) is 14.8 Å². The van der Waals surface area contributed by atoms with Gasteiger partial charge in [-0.05, 0) is 25.7 Å². The third-order valence-corrected chi connectivity index (χ3v) is 4.35. The third kappa shape index (κ3) is 2.09. The number of aromatic carboxylic acids is 1. The molecule has 3 rings (SSSR count). The van der Waals surface area contributed by atoms with Gasteiger partial charge in [0.25, 0.3) is 0 Å². The van der Waals surface area contributed by atoms with Crippen molar-refractivity contribution in [2.75, 3.05) is 13.7 Å². The number of nitrogens with one attached hydrogen (secondary N) is 1. The van der Waals surface area contributed by atoms with Crippen molar-refractivity contribution in [1.82, 2.24) is 15.3 Å². The van der Waals surface area contributed by atoms with E-state index in [1.165, 1.54) is 0 Å². The van der Waals surface area contributed by atoms with E-state index >= 15 is 0 Å². The Hall–Kier alpha value is -1.53. The number of ether oxygens (including phenoxy) is 1. The number of methoxy groups -OCH3 is 1. The first-order valence-electron chi connectivity index (χ1n) is 7.06. The van der Waals surface area contributed by atoms with Gasteiger partial charge in [0.15, 0.2) is 11.5 Å². The highest BCUT2D eigenvalue weighted by Crippen LogP contribution is 2.40. The van der Waals surface area contributed by atoms with Crippen molar-refractivity contribution >= 4 is 5.97 Å². The van der Waals surface area contributed by atoms with E-state index in [9.17, 15) is 9.90 Å². The van der Waals surface area contributed by atoms with E-state index in [0.29, 0.717) is 12.4 Å². The predicted molar refractivity (Wildman–Crippen MR) is 71.6 cm³/mol. The molecule has 6 nitrogen and oxygen atoms in total. The van der Waals surface area contributed by atoms with Crippen LogP contribution in [0.25, 0.3) is 0 Å². The Kier molecular flexibility index (Phi) is 3.43. The number of nitrogens with zero attached hydrogens (tertiary/aromatic N) is 2. The van der Waals surface area contributed by atoms with Crippen LogP contribution in [0.5, 0.6) is 0 Å². The molecule has 1 saturated carbocycles. The molecule has 0 radical (unpaired) electrons. The maximum atomic E-state index is 11.5. The fourth-order valence-corrected chi connectivity index (χ4v) is 3.19. The lowest BCUT2D eigenvalue weighted by atomic mass is 9.98. The van der Waals surface area contributed by atoms with E-state index in [1.807, 2.05) is 0 Å². The smallest absolute Gasteiger partial charge is 0.354 e. The summed E-state index contributed by atoms with van der Waals surface area (Å²) in [5.74, 6) is -0.437. The van der Waals surface area contributed by atoms with Crippen molar-refractivity contribution < 1.29 is 14.6 Å². The van der Waals surface area contributed by atoms with Crippen LogP contribution in [0.1, 0.15) is 53.3 Å². The SMILES string of the molecule is COC1(c2nc3c(c(C(=O)O)n2)CNCC3)CCCC1. The number of hydrogen-bond donors (Lipinski definition) is 2. The summed E-state index contributed by atoms with van der Waals surface area (Å²) in [7, 11) is 1.66. The van der Waals surface area contributed by atoms with E-state index in [4.69, 9.17) is 4.74 Å². The summed E-state index contributed by atoms with van der Waals surface area (Å²) in [5, 5.41) is 12.6. The average molecular weight is 277 g/mol. The van der Waals surface area contributed by atoms with Crippen LogP contribution in [0.3, 0.4) is 0 Å². The van der Waals surface area contributed by atoms with Gasteiger partial charge < -0.3 is 15.2 Å². The van der Waals surface area contributed by atoms with Crippen molar-refractivity contribution in [3.63, 3.8) is 0 Å². The second kappa shape index (κ2) is 5.10. The van der Waals surface area contributed by atoms with Gasteiger partial charge in [-0.3, -0.25) is 0 Å². The van der Waals surface area contributed by atoms with Crippen LogP contribution < -0.4 is 5.32 Å². The number of fused-ring (bicyclic) bond motifs is 1. The van der Waals surface area contributed by atoms with Crippen molar-refractivity contribution in [3.05, 3.63) is 22.8 Å². The van der Waals surface area contributed by atoms with E-state index in [-0.39, 0.29) is 5.69 Å². The first-order valence-corrected chi connectivity index (χ1v) is 7.06. The van der Waals surface area contributed by atoms with Crippen LogP contribution in [-0.4, -0.2) is 34.7 Å². The molecule has 0 unspecified atom stereocenters. The second-order valence-corrected chi connectivity index (χ2v) is 5.46. The maximum absolute atomic E-state index is 11.5. The lowest BCUT2D eigenvalue weighted by molar-refractivity contribution is -0.0167. The molecule has 1 aromatic heterocycles. The zero-order chi connectivity index (χ0) is 14.2. The van der Waals surface area contributed by atoms with E-state index in [1.54, 1.807) is 7.11 Å². The van der Waals surface area contributed by atoms with Gasteiger partial charge in [-0.2, -0.15) is 0 Å². The number of carboxylic acid groups (broad SMARTS) is 1. The molecule has 0 amide bonds. The van der Waals surface area contributed by atoms with Crippen LogP contribution in [0.15, 0.2) is 0 Å². The Bertz CT molecular complexity index is 539. The molecule has 0 spiro atoms. The number of rotatable bonds is 3. The van der Waals surface area contributed by atoms with E-state index in [0.717, 1.165) is 49.9 Å². The van der Waals surface area contributed by atoms with Gasteiger partial charge in [0, 0.05) is 32.2 Å². The van der Waals surface area contributed by atoms with Crippen molar-refractivity contribution in [3.8, 4) is 0 Å². The molecule has 1 aliphatic carbocycles. The van der Waals surface area contributed by atoms with Gasteiger partial charge in [0.05, 0.1) is 5.69 Å². The summed E-state index contributed by atoms with van der Waals surface area (Å²) in [6.45, 7) is 1.35. The van der Waals surface area contributed by atoms with Gasteiger partial charge in [0.2, 0.25) is 0 Å². The first-order chi connectivity index (χ1) is 9.66. The Balaban J connectivity index is 2.12. The fraction of sp³-hybridized carbons (Fsp3) is 0.643. The molecule has 1 aromatic rings. The molecule has 0 saturated heterocycles. The van der Waals surface area contributed by atoms with Gasteiger partial charge in [-0.1, -0.05) is 0 Å². The molecular weight excluding hydrogens is 258 g/mol. The van der Waals surface area contributed by atoms with Gasteiger partial charge in [-0.15, -0.1) is 0 Å². The molecule has 2 N–H and O–H groups in total. The minimum atomic E-state index is -0.988. The van der Waals surface area contributed by atoms with Gasteiger partial charge in [0.1, 0.15) is 5.60 Å². The standard InChI is InChI=1S/C14H19N3O3/c1-20-14(5-2-3-6-14)13-16-10-4-7-15-8-9(10)11(17-13)12(18)19/h15H,2-8H2,1H3,(H,18,19). The minimum absolute atomic E-state index is 0.125. The maximum Gasteiger partial charge on any atom is 0.354 e. The van der Waals surface area contributed by atoms with Crippen LogP contribution in [-0.2, 0) is 23.3 Å². The largest absolute Gasteiger partial charge is 0.476 e. The van der Waals surface area contributed by atoms with Crippen LogP contribution in [0.4, 0.5) is 0 Å². The lowest BCUT2D eigenvalue weighted by Gasteiger charge is -2.28. The topological polar surface area (TPSA) is 84.3 Å². The third-order valence-electron chi connectivity index (χ3n) is 4.35. The molecule has 20 heavy (non-hydrogen) atoms. The highest BCUT2D eigenvalue weighted by molar-refractivity contribution is 5.87. The minimum Gasteiger partial charge on any atom is -0.476 e. The number of carboxylic acids is 1.